The third-order valence-corrected chi connectivity index (χ3v) is 3.18. The molecular weight excluding hydrogens is 343 g/mol. The van der Waals surface area contributed by atoms with Crippen molar-refractivity contribution in [2.75, 3.05) is 39.4 Å². The van der Waals surface area contributed by atoms with E-state index in [0.717, 1.165) is 39.4 Å². The number of nitrogens with one attached hydrogen (secondary N) is 1. The molecule has 6 heteroatoms. The number of ether oxygens (including phenoxy) is 1. The van der Waals surface area contributed by atoms with Crippen LogP contribution >= 0.6 is 24.0 Å². The van der Waals surface area contributed by atoms with Crippen LogP contribution in [-0.2, 0) is 4.74 Å². The van der Waals surface area contributed by atoms with E-state index in [9.17, 15) is 0 Å². The van der Waals surface area contributed by atoms with E-state index in [4.69, 9.17) is 10.5 Å². The Morgan fingerprint density at radius 2 is 2.11 bits per heavy atom. The molecule has 0 amide bonds. The van der Waals surface area contributed by atoms with Crippen molar-refractivity contribution < 1.29 is 4.74 Å². The molecule has 1 aliphatic heterocycles. The first kappa shape index (κ1) is 16.0. The topological polar surface area (TPSA) is 62.9 Å². The third-order valence-electron chi connectivity index (χ3n) is 3.18. The smallest absolute Gasteiger partial charge is 0.188 e. The normalized spacial score (nSPS) is 23.3. The molecule has 0 bridgehead atoms. The van der Waals surface area contributed by atoms with Gasteiger partial charge in [0.15, 0.2) is 5.96 Å². The predicted octanol–water partition coefficient (Wildman–Crippen LogP) is 0.639. The van der Waals surface area contributed by atoms with Gasteiger partial charge in [-0.1, -0.05) is 6.92 Å². The Morgan fingerprint density at radius 3 is 2.72 bits per heavy atom. The number of rotatable bonds is 5. The molecular formula is C12H25IN4O. The fourth-order valence-electron chi connectivity index (χ4n) is 2.02. The molecule has 1 aliphatic carbocycles. The fraction of sp³-hybridized carbons (Fsp3) is 0.917. The average Bonchev–Trinajstić information content (AvgIpc) is 3.12. The zero-order chi connectivity index (χ0) is 12.1. The number of guanidine groups is 1. The van der Waals surface area contributed by atoms with Gasteiger partial charge in [0.1, 0.15) is 0 Å². The van der Waals surface area contributed by atoms with Gasteiger partial charge in [0.25, 0.3) is 0 Å². The molecule has 5 nitrogen and oxygen atoms in total. The largest absolute Gasteiger partial charge is 0.379 e. The second-order valence-electron chi connectivity index (χ2n) is 5.16. The Morgan fingerprint density at radius 1 is 1.44 bits per heavy atom. The molecule has 1 unspecified atom stereocenters. The summed E-state index contributed by atoms with van der Waals surface area (Å²) in [5, 5.41) is 3.21. The predicted molar refractivity (Wildman–Crippen MR) is 84.5 cm³/mol. The molecule has 0 radical (unpaired) electrons. The van der Waals surface area contributed by atoms with Gasteiger partial charge in [-0.25, -0.2) is 0 Å². The van der Waals surface area contributed by atoms with E-state index in [1.54, 1.807) is 0 Å². The highest BCUT2D eigenvalue weighted by Gasteiger charge is 2.21. The van der Waals surface area contributed by atoms with E-state index in [2.05, 4.69) is 22.1 Å². The first-order valence-electron chi connectivity index (χ1n) is 6.60. The number of morpholine rings is 1. The number of hydrogen-bond donors (Lipinski definition) is 2. The lowest BCUT2D eigenvalue weighted by Crippen LogP contribution is -2.39. The molecule has 2 fully saturated rings. The fourth-order valence-corrected chi connectivity index (χ4v) is 2.02. The summed E-state index contributed by atoms with van der Waals surface area (Å²) in [4.78, 5) is 6.83. The van der Waals surface area contributed by atoms with Gasteiger partial charge in [-0.15, -0.1) is 24.0 Å². The molecule has 18 heavy (non-hydrogen) atoms. The molecule has 1 saturated heterocycles. The van der Waals surface area contributed by atoms with Crippen LogP contribution < -0.4 is 11.1 Å². The standard InChI is InChI=1S/C12H24N4O.HI/c1-10(9-16-4-6-17-7-5-16)8-14-12(13)15-11-2-3-11;/h10-11H,2-9H2,1H3,(H3,13,14,15);1H. The number of hydrogen-bond acceptors (Lipinski definition) is 3. The van der Waals surface area contributed by atoms with Crippen molar-refractivity contribution in [3.8, 4) is 0 Å². The summed E-state index contributed by atoms with van der Waals surface area (Å²) in [6, 6.07) is 0.591. The second-order valence-corrected chi connectivity index (χ2v) is 5.16. The van der Waals surface area contributed by atoms with Gasteiger partial charge in [-0.05, 0) is 18.8 Å². The van der Waals surface area contributed by atoms with Crippen LogP contribution in [0.25, 0.3) is 0 Å². The maximum atomic E-state index is 5.80. The van der Waals surface area contributed by atoms with Gasteiger partial charge < -0.3 is 15.8 Å². The summed E-state index contributed by atoms with van der Waals surface area (Å²) in [6.07, 6.45) is 2.47. The summed E-state index contributed by atoms with van der Waals surface area (Å²) in [7, 11) is 0. The van der Waals surface area contributed by atoms with E-state index < -0.39 is 0 Å². The molecule has 1 atom stereocenters. The van der Waals surface area contributed by atoms with Crippen molar-refractivity contribution in [3.63, 3.8) is 0 Å². The monoisotopic (exact) mass is 368 g/mol. The van der Waals surface area contributed by atoms with Crippen LogP contribution in [0.2, 0.25) is 0 Å². The molecule has 3 N–H and O–H groups in total. The summed E-state index contributed by atoms with van der Waals surface area (Å²) in [6.45, 7) is 7.94. The van der Waals surface area contributed by atoms with E-state index in [-0.39, 0.29) is 24.0 Å². The van der Waals surface area contributed by atoms with Crippen molar-refractivity contribution in [3.05, 3.63) is 0 Å². The Kier molecular flexibility index (Phi) is 7.25. The average molecular weight is 368 g/mol. The Labute approximate surface area is 127 Å². The second kappa shape index (κ2) is 8.16. The van der Waals surface area contributed by atoms with E-state index >= 15 is 0 Å². The highest BCUT2D eigenvalue weighted by molar-refractivity contribution is 14.0. The molecule has 0 aromatic rings. The zero-order valence-corrected chi connectivity index (χ0v) is 13.4. The minimum atomic E-state index is 0. The van der Waals surface area contributed by atoms with Crippen molar-refractivity contribution in [2.45, 2.75) is 25.8 Å². The van der Waals surface area contributed by atoms with Crippen molar-refractivity contribution in [1.82, 2.24) is 10.2 Å². The van der Waals surface area contributed by atoms with Crippen LogP contribution in [0.5, 0.6) is 0 Å². The molecule has 1 heterocycles. The molecule has 2 rings (SSSR count). The molecule has 106 valence electrons. The van der Waals surface area contributed by atoms with Crippen molar-refractivity contribution in [1.29, 1.82) is 0 Å². The van der Waals surface area contributed by atoms with Crippen LogP contribution in [0.3, 0.4) is 0 Å². The summed E-state index contributed by atoms with van der Waals surface area (Å²) in [5.74, 6) is 1.16. The molecule has 2 aliphatic rings. The van der Waals surface area contributed by atoms with Gasteiger partial charge in [0.2, 0.25) is 0 Å². The highest BCUT2D eigenvalue weighted by atomic mass is 127. The van der Waals surface area contributed by atoms with Gasteiger partial charge in [-0.3, -0.25) is 9.89 Å². The van der Waals surface area contributed by atoms with Crippen LogP contribution in [0.15, 0.2) is 4.99 Å². The summed E-state index contributed by atoms with van der Waals surface area (Å²) >= 11 is 0. The molecule has 0 spiro atoms. The van der Waals surface area contributed by atoms with Gasteiger partial charge in [0, 0.05) is 32.2 Å². The lowest BCUT2D eigenvalue weighted by Gasteiger charge is -2.28. The van der Waals surface area contributed by atoms with Gasteiger partial charge >= 0.3 is 0 Å². The number of nitrogens with two attached hydrogens (primary N) is 1. The lowest BCUT2D eigenvalue weighted by atomic mass is 10.1. The van der Waals surface area contributed by atoms with Gasteiger partial charge in [0.05, 0.1) is 13.2 Å². The first-order chi connectivity index (χ1) is 8.24. The number of halogens is 1. The van der Waals surface area contributed by atoms with Crippen LogP contribution in [0.1, 0.15) is 19.8 Å². The minimum absolute atomic E-state index is 0. The molecule has 1 saturated carbocycles. The van der Waals surface area contributed by atoms with Crippen LogP contribution in [0, 0.1) is 5.92 Å². The maximum absolute atomic E-state index is 5.80. The summed E-state index contributed by atoms with van der Waals surface area (Å²) in [5.41, 5.74) is 5.80. The van der Waals surface area contributed by atoms with Crippen LogP contribution in [0.4, 0.5) is 0 Å². The highest BCUT2D eigenvalue weighted by Crippen LogP contribution is 2.18. The van der Waals surface area contributed by atoms with Crippen molar-refractivity contribution >= 4 is 29.9 Å². The maximum Gasteiger partial charge on any atom is 0.188 e. The van der Waals surface area contributed by atoms with E-state index in [1.807, 2.05) is 0 Å². The van der Waals surface area contributed by atoms with E-state index in [1.165, 1.54) is 12.8 Å². The Balaban J connectivity index is 0.00000162. The molecule has 0 aromatic heterocycles. The summed E-state index contributed by atoms with van der Waals surface area (Å²) < 4.78 is 5.33. The van der Waals surface area contributed by atoms with Crippen LogP contribution in [-0.4, -0.2) is 56.3 Å². The quantitative estimate of drug-likeness (QED) is 0.425. The minimum Gasteiger partial charge on any atom is -0.379 e. The lowest BCUT2D eigenvalue weighted by molar-refractivity contribution is 0.0323. The van der Waals surface area contributed by atoms with E-state index in [0.29, 0.717) is 17.9 Å². The SMILES string of the molecule is CC(CN=C(N)NC1CC1)CN1CCOCC1.I. The Bertz CT molecular complexity index is 265. The van der Waals surface area contributed by atoms with Crippen molar-refractivity contribution in [2.24, 2.45) is 16.6 Å². The first-order valence-corrected chi connectivity index (χ1v) is 6.60. The number of aliphatic imine (C=N–C) groups is 1. The van der Waals surface area contributed by atoms with Gasteiger partial charge in [-0.2, -0.15) is 0 Å². The zero-order valence-electron chi connectivity index (χ0n) is 11.1. The number of nitrogens with zero attached hydrogens (tertiary/aromatic N) is 2. The third kappa shape index (κ3) is 6.19. The Hall–Kier alpha value is -0.0800. The molecule has 0 aromatic carbocycles.